The Morgan fingerprint density at radius 1 is 1.08 bits per heavy atom. The molecule has 0 spiro atoms. The van der Waals surface area contributed by atoms with Gasteiger partial charge in [-0.15, -0.1) is 0 Å². The van der Waals surface area contributed by atoms with Crippen molar-refractivity contribution in [1.82, 2.24) is 0 Å². The lowest BCUT2D eigenvalue weighted by atomic mass is 10.0. The number of esters is 1. The van der Waals surface area contributed by atoms with Gasteiger partial charge < -0.3 is 14.8 Å². The van der Waals surface area contributed by atoms with E-state index in [9.17, 15) is 14.0 Å². The van der Waals surface area contributed by atoms with Crippen molar-refractivity contribution in [3.05, 3.63) is 58.4 Å². The van der Waals surface area contributed by atoms with Crippen molar-refractivity contribution in [3.63, 3.8) is 0 Å². The fourth-order valence-corrected chi connectivity index (χ4v) is 2.67. The first-order chi connectivity index (χ1) is 12.2. The van der Waals surface area contributed by atoms with Crippen LogP contribution in [0.25, 0.3) is 0 Å². The molecule has 1 amide bonds. The number of aryl methyl sites for hydroxylation is 3. The predicted octanol–water partition coefficient (Wildman–Crippen LogP) is 3.94. The molecule has 0 saturated heterocycles. The zero-order valence-electron chi connectivity index (χ0n) is 15.5. The Bertz CT molecular complexity index is 825. The third kappa shape index (κ3) is 4.39. The summed E-state index contributed by atoms with van der Waals surface area (Å²) in [5, 5.41) is 2.77. The summed E-state index contributed by atoms with van der Waals surface area (Å²) < 4.78 is 23.9. The predicted molar refractivity (Wildman–Crippen MR) is 97.1 cm³/mol. The summed E-state index contributed by atoms with van der Waals surface area (Å²) in [5.41, 5.74) is 3.34. The van der Waals surface area contributed by atoms with Crippen molar-refractivity contribution >= 4 is 17.6 Å². The molecule has 0 aliphatic rings. The Labute approximate surface area is 152 Å². The Morgan fingerprint density at radius 2 is 1.69 bits per heavy atom. The maximum Gasteiger partial charge on any atom is 0.341 e. The molecular weight excluding hydrogens is 337 g/mol. The number of rotatable bonds is 5. The number of hydrogen-bond acceptors (Lipinski definition) is 4. The molecule has 0 aromatic heterocycles. The van der Waals surface area contributed by atoms with Gasteiger partial charge in [-0.25, -0.2) is 9.18 Å². The quantitative estimate of drug-likeness (QED) is 0.821. The Hall–Kier alpha value is -2.89. The Morgan fingerprint density at radius 3 is 2.23 bits per heavy atom. The van der Waals surface area contributed by atoms with E-state index in [1.807, 2.05) is 32.9 Å². The molecule has 0 saturated carbocycles. The molecule has 2 aromatic rings. The van der Waals surface area contributed by atoms with Gasteiger partial charge in [0.25, 0.3) is 5.91 Å². The number of ether oxygens (including phenoxy) is 2. The average molecular weight is 359 g/mol. The highest BCUT2D eigenvalue weighted by atomic mass is 19.1. The van der Waals surface area contributed by atoms with Gasteiger partial charge in [0.05, 0.1) is 12.7 Å². The first kappa shape index (κ1) is 19.4. The van der Waals surface area contributed by atoms with Gasteiger partial charge in [0.2, 0.25) is 0 Å². The highest BCUT2D eigenvalue weighted by molar-refractivity contribution is 5.98. The number of methoxy groups -OCH3 is 1. The molecule has 0 radical (unpaired) electrons. The van der Waals surface area contributed by atoms with Crippen molar-refractivity contribution in [1.29, 1.82) is 0 Å². The number of amides is 1. The van der Waals surface area contributed by atoms with E-state index in [4.69, 9.17) is 9.47 Å². The monoisotopic (exact) mass is 359 g/mol. The van der Waals surface area contributed by atoms with Crippen molar-refractivity contribution < 1.29 is 23.5 Å². The minimum Gasteiger partial charge on any atom is -0.497 e. The largest absolute Gasteiger partial charge is 0.497 e. The molecule has 1 N–H and O–H groups in total. The molecule has 1 atom stereocenters. The Balaban J connectivity index is 2.08. The van der Waals surface area contributed by atoms with Crippen molar-refractivity contribution in [2.45, 2.75) is 33.8 Å². The second-order valence-corrected chi connectivity index (χ2v) is 6.16. The zero-order valence-corrected chi connectivity index (χ0v) is 15.5. The van der Waals surface area contributed by atoms with Crippen molar-refractivity contribution in [2.24, 2.45) is 0 Å². The van der Waals surface area contributed by atoms with E-state index in [1.54, 1.807) is 0 Å². The van der Waals surface area contributed by atoms with Gasteiger partial charge in [-0.05, 0) is 51.0 Å². The van der Waals surface area contributed by atoms with Gasteiger partial charge in [-0.2, -0.15) is 0 Å². The zero-order chi connectivity index (χ0) is 19.4. The second-order valence-electron chi connectivity index (χ2n) is 6.16. The molecular formula is C20H22FNO4. The van der Waals surface area contributed by atoms with E-state index in [-0.39, 0.29) is 11.3 Å². The summed E-state index contributed by atoms with van der Waals surface area (Å²) in [7, 11) is 1.40. The molecule has 0 aliphatic carbocycles. The molecule has 6 heteroatoms. The minimum absolute atomic E-state index is 0.256. The lowest BCUT2D eigenvalue weighted by molar-refractivity contribution is -0.123. The molecule has 0 bridgehead atoms. The van der Waals surface area contributed by atoms with Crippen molar-refractivity contribution in [2.75, 3.05) is 12.4 Å². The average Bonchev–Trinajstić information content (AvgIpc) is 2.57. The van der Waals surface area contributed by atoms with E-state index < -0.39 is 23.8 Å². The van der Waals surface area contributed by atoms with Gasteiger partial charge >= 0.3 is 5.97 Å². The number of halogens is 1. The third-order valence-electron chi connectivity index (χ3n) is 3.97. The molecule has 138 valence electrons. The normalized spacial score (nSPS) is 11.6. The Kier molecular flexibility index (Phi) is 5.97. The molecule has 5 nitrogen and oxygen atoms in total. The summed E-state index contributed by atoms with van der Waals surface area (Å²) >= 11 is 0. The SMILES string of the molecule is COc1ccc(C(=O)O[C@@H](C)C(=O)Nc2c(C)cc(C)cc2C)c(F)c1. The van der Waals surface area contributed by atoms with Crippen LogP contribution >= 0.6 is 0 Å². The van der Waals surface area contributed by atoms with Gasteiger partial charge in [-0.1, -0.05) is 17.7 Å². The van der Waals surface area contributed by atoms with Crippen LogP contribution in [0.3, 0.4) is 0 Å². The summed E-state index contributed by atoms with van der Waals surface area (Å²) in [4.78, 5) is 24.5. The first-order valence-corrected chi connectivity index (χ1v) is 8.16. The lowest BCUT2D eigenvalue weighted by Crippen LogP contribution is -2.30. The molecule has 0 heterocycles. The fraction of sp³-hybridized carbons (Fsp3) is 0.300. The summed E-state index contributed by atoms with van der Waals surface area (Å²) in [6, 6.07) is 7.69. The number of carbonyl (C=O) groups is 2. The van der Waals surface area contributed by atoms with E-state index in [0.717, 1.165) is 22.8 Å². The summed E-state index contributed by atoms with van der Waals surface area (Å²) in [5.74, 6) is -1.88. The lowest BCUT2D eigenvalue weighted by Gasteiger charge is -2.17. The molecule has 0 fully saturated rings. The van der Waals surface area contributed by atoms with Crippen LogP contribution in [-0.4, -0.2) is 25.1 Å². The highest BCUT2D eigenvalue weighted by Crippen LogP contribution is 2.22. The van der Waals surface area contributed by atoms with Crippen LogP contribution in [0.5, 0.6) is 5.75 Å². The third-order valence-corrected chi connectivity index (χ3v) is 3.97. The van der Waals surface area contributed by atoms with Gasteiger partial charge in [0.1, 0.15) is 11.6 Å². The standard InChI is InChI=1S/C20H22FNO4/c1-11-8-12(2)18(13(3)9-11)22-19(23)14(4)26-20(24)16-7-6-15(25-5)10-17(16)21/h6-10,14H,1-5H3,(H,22,23)/t14-/m0/s1. The molecule has 0 unspecified atom stereocenters. The van der Waals surface area contributed by atoms with Crippen LogP contribution in [0, 0.1) is 26.6 Å². The van der Waals surface area contributed by atoms with E-state index in [2.05, 4.69) is 5.32 Å². The van der Waals surface area contributed by atoms with Gasteiger partial charge in [0.15, 0.2) is 6.10 Å². The number of hydrogen-bond donors (Lipinski definition) is 1. The number of carbonyl (C=O) groups excluding carboxylic acids is 2. The summed E-state index contributed by atoms with van der Waals surface area (Å²) in [6.07, 6.45) is -1.08. The van der Waals surface area contributed by atoms with Crippen LogP contribution in [-0.2, 0) is 9.53 Å². The second kappa shape index (κ2) is 7.99. The molecule has 26 heavy (non-hydrogen) atoms. The summed E-state index contributed by atoms with van der Waals surface area (Å²) in [6.45, 7) is 7.19. The number of anilines is 1. The van der Waals surface area contributed by atoms with Crippen molar-refractivity contribution in [3.8, 4) is 5.75 Å². The number of nitrogens with one attached hydrogen (secondary N) is 1. The van der Waals surface area contributed by atoms with E-state index in [0.29, 0.717) is 5.69 Å². The van der Waals surface area contributed by atoms with E-state index in [1.165, 1.54) is 26.2 Å². The fourth-order valence-electron chi connectivity index (χ4n) is 2.67. The maximum absolute atomic E-state index is 13.9. The molecule has 0 aliphatic heterocycles. The van der Waals surface area contributed by atoms with Crippen LogP contribution in [0.1, 0.15) is 34.0 Å². The smallest absolute Gasteiger partial charge is 0.341 e. The van der Waals surface area contributed by atoms with E-state index >= 15 is 0 Å². The molecule has 2 rings (SSSR count). The van der Waals surface area contributed by atoms with Gasteiger partial charge in [0, 0.05) is 11.8 Å². The minimum atomic E-state index is -1.08. The van der Waals surface area contributed by atoms with Crippen LogP contribution in [0.4, 0.5) is 10.1 Å². The molecule has 2 aromatic carbocycles. The van der Waals surface area contributed by atoms with Crippen LogP contribution in [0.15, 0.2) is 30.3 Å². The maximum atomic E-state index is 13.9. The number of benzene rings is 2. The topological polar surface area (TPSA) is 64.6 Å². The van der Waals surface area contributed by atoms with Gasteiger partial charge in [-0.3, -0.25) is 4.79 Å². The van der Waals surface area contributed by atoms with Crippen LogP contribution < -0.4 is 10.1 Å². The highest BCUT2D eigenvalue weighted by Gasteiger charge is 2.22. The van der Waals surface area contributed by atoms with Crippen LogP contribution in [0.2, 0.25) is 0 Å². The first-order valence-electron chi connectivity index (χ1n) is 8.16.